The molecule has 1 aromatic carbocycles. The zero-order valence-electron chi connectivity index (χ0n) is 7.26. The van der Waals surface area contributed by atoms with Crippen LogP contribution in [-0.4, -0.2) is 0 Å². The van der Waals surface area contributed by atoms with Gasteiger partial charge >= 0.3 is 0 Å². The first-order chi connectivity index (χ1) is 6.24. The van der Waals surface area contributed by atoms with Gasteiger partial charge in [0.2, 0.25) is 0 Å². The molecule has 1 nitrogen and oxygen atoms in total. The Morgan fingerprint density at radius 1 is 1.23 bits per heavy atom. The van der Waals surface area contributed by atoms with Gasteiger partial charge in [-0.1, -0.05) is 12.1 Å². The smallest absolute Gasteiger partial charge is 0.136 e. The van der Waals surface area contributed by atoms with E-state index in [1.54, 1.807) is 24.3 Å². The lowest BCUT2D eigenvalue weighted by Crippen LogP contribution is -2.28. The maximum absolute atomic E-state index is 13.8. The minimum absolute atomic E-state index is 0.590. The third-order valence-electron chi connectivity index (χ3n) is 2.68. The lowest BCUT2D eigenvalue weighted by molar-refractivity contribution is 0.0609. The van der Waals surface area contributed by atoms with E-state index in [1.165, 1.54) is 0 Å². The largest absolute Gasteiger partial charge is 0.239 e. The molecule has 2 heteroatoms. The Kier molecular flexibility index (Phi) is 1.81. The topological polar surface area (TPSA) is 23.8 Å². The van der Waals surface area contributed by atoms with Gasteiger partial charge in [0, 0.05) is 0 Å². The summed E-state index contributed by atoms with van der Waals surface area (Å²) in [6.45, 7) is 0. The van der Waals surface area contributed by atoms with Crippen molar-refractivity contribution in [1.82, 2.24) is 0 Å². The summed E-state index contributed by atoms with van der Waals surface area (Å²) in [7, 11) is 0. The minimum Gasteiger partial charge on any atom is -0.239 e. The second kappa shape index (κ2) is 2.85. The molecule has 0 saturated heterocycles. The molecule has 0 radical (unpaired) electrons. The molecule has 0 amide bonds. The van der Waals surface area contributed by atoms with E-state index in [2.05, 4.69) is 0 Å². The SMILES string of the molecule is N#Cc1ccc(C2(F)CCC2)cc1. The molecule has 13 heavy (non-hydrogen) atoms. The molecule has 1 fully saturated rings. The number of benzene rings is 1. The third kappa shape index (κ3) is 1.31. The number of nitrogens with zero attached hydrogens (tertiary/aromatic N) is 1. The highest BCUT2D eigenvalue weighted by Gasteiger charge is 2.38. The zero-order chi connectivity index (χ0) is 9.31. The first kappa shape index (κ1) is 8.25. The fourth-order valence-electron chi connectivity index (χ4n) is 1.62. The van der Waals surface area contributed by atoms with Gasteiger partial charge in [0.15, 0.2) is 0 Å². The van der Waals surface area contributed by atoms with Crippen molar-refractivity contribution >= 4 is 0 Å². The molecule has 66 valence electrons. The number of halogens is 1. The van der Waals surface area contributed by atoms with E-state index in [-0.39, 0.29) is 0 Å². The Hall–Kier alpha value is -1.36. The first-order valence-electron chi connectivity index (χ1n) is 4.44. The van der Waals surface area contributed by atoms with E-state index in [0.29, 0.717) is 18.4 Å². The molecule has 0 heterocycles. The second-order valence-corrected chi connectivity index (χ2v) is 3.51. The van der Waals surface area contributed by atoms with E-state index in [0.717, 1.165) is 12.0 Å². The van der Waals surface area contributed by atoms with Crippen molar-refractivity contribution in [2.45, 2.75) is 24.9 Å². The molecule has 0 unspecified atom stereocenters. The van der Waals surface area contributed by atoms with Crippen LogP contribution in [0.15, 0.2) is 24.3 Å². The number of rotatable bonds is 1. The van der Waals surface area contributed by atoms with E-state index < -0.39 is 5.67 Å². The van der Waals surface area contributed by atoms with Crippen molar-refractivity contribution < 1.29 is 4.39 Å². The van der Waals surface area contributed by atoms with Gasteiger partial charge in [-0.3, -0.25) is 0 Å². The van der Waals surface area contributed by atoms with Gasteiger partial charge in [-0.15, -0.1) is 0 Å². The predicted molar refractivity (Wildman–Crippen MR) is 47.8 cm³/mol. The van der Waals surface area contributed by atoms with Crippen molar-refractivity contribution in [2.75, 3.05) is 0 Å². The summed E-state index contributed by atoms with van der Waals surface area (Å²) in [6.07, 6.45) is 2.22. The summed E-state index contributed by atoms with van der Waals surface area (Å²) in [6, 6.07) is 8.81. The average Bonchev–Trinajstić information content (AvgIpc) is 2.14. The second-order valence-electron chi connectivity index (χ2n) is 3.51. The van der Waals surface area contributed by atoms with E-state index in [9.17, 15) is 4.39 Å². The number of hydrogen-bond donors (Lipinski definition) is 0. The maximum Gasteiger partial charge on any atom is 0.136 e. The average molecular weight is 175 g/mol. The van der Waals surface area contributed by atoms with Crippen LogP contribution in [0.1, 0.15) is 30.4 Å². The van der Waals surface area contributed by atoms with Crippen LogP contribution >= 0.6 is 0 Å². The molecular formula is C11H10FN. The molecule has 0 spiro atoms. The minimum atomic E-state index is -1.10. The number of alkyl halides is 1. The molecular weight excluding hydrogens is 165 g/mol. The quantitative estimate of drug-likeness (QED) is 0.643. The zero-order valence-corrected chi connectivity index (χ0v) is 7.26. The van der Waals surface area contributed by atoms with Crippen LogP contribution in [-0.2, 0) is 5.67 Å². The molecule has 2 rings (SSSR count). The highest BCUT2D eigenvalue weighted by molar-refractivity contribution is 5.34. The lowest BCUT2D eigenvalue weighted by Gasteiger charge is -2.34. The molecule has 0 bridgehead atoms. The van der Waals surface area contributed by atoms with E-state index >= 15 is 0 Å². The van der Waals surface area contributed by atoms with Gasteiger partial charge < -0.3 is 0 Å². The van der Waals surface area contributed by atoms with Crippen LogP contribution in [0.5, 0.6) is 0 Å². The Labute approximate surface area is 76.8 Å². The molecule has 1 saturated carbocycles. The molecule has 0 aromatic heterocycles. The summed E-state index contributed by atoms with van der Waals surface area (Å²) < 4.78 is 13.8. The molecule has 0 N–H and O–H groups in total. The van der Waals surface area contributed by atoms with E-state index in [1.807, 2.05) is 6.07 Å². The van der Waals surface area contributed by atoms with E-state index in [4.69, 9.17) is 5.26 Å². The maximum atomic E-state index is 13.8. The lowest BCUT2D eigenvalue weighted by atomic mass is 9.77. The fourth-order valence-corrected chi connectivity index (χ4v) is 1.62. The third-order valence-corrected chi connectivity index (χ3v) is 2.68. The van der Waals surface area contributed by atoms with Gasteiger partial charge in [-0.05, 0) is 37.0 Å². The van der Waals surface area contributed by atoms with Gasteiger partial charge in [0.05, 0.1) is 11.6 Å². The predicted octanol–water partition coefficient (Wildman–Crippen LogP) is 2.91. The molecule has 0 atom stereocenters. The van der Waals surface area contributed by atoms with Crippen LogP contribution in [0.3, 0.4) is 0 Å². The highest BCUT2D eigenvalue weighted by Crippen LogP contribution is 2.44. The van der Waals surface area contributed by atoms with Crippen LogP contribution in [0.2, 0.25) is 0 Å². The number of nitriles is 1. The number of hydrogen-bond acceptors (Lipinski definition) is 1. The summed E-state index contributed by atoms with van der Waals surface area (Å²) in [4.78, 5) is 0. The van der Waals surface area contributed by atoms with Crippen molar-refractivity contribution in [3.63, 3.8) is 0 Å². The molecule has 1 aliphatic rings. The standard InChI is InChI=1S/C11H10FN/c12-11(6-1-7-11)10-4-2-9(8-13)3-5-10/h2-5H,1,6-7H2. The summed E-state index contributed by atoms with van der Waals surface area (Å²) in [5.74, 6) is 0. The normalized spacial score (nSPS) is 18.8. The fraction of sp³-hybridized carbons (Fsp3) is 0.364. The van der Waals surface area contributed by atoms with Crippen molar-refractivity contribution in [2.24, 2.45) is 0 Å². The van der Waals surface area contributed by atoms with Crippen LogP contribution < -0.4 is 0 Å². The molecule has 1 aliphatic carbocycles. The van der Waals surface area contributed by atoms with Gasteiger partial charge in [-0.25, -0.2) is 4.39 Å². The highest BCUT2D eigenvalue weighted by atomic mass is 19.1. The van der Waals surface area contributed by atoms with Crippen LogP contribution in [0.4, 0.5) is 4.39 Å². The monoisotopic (exact) mass is 175 g/mol. The summed E-state index contributed by atoms with van der Waals surface area (Å²) >= 11 is 0. The van der Waals surface area contributed by atoms with Crippen molar-refractivity contribution in [3.05, 3.63) is 35.4 Å². The summed E-state index contributed by atoms with van der Waals surface area (Å²) in [5, 5.41) is 8.56. The Balaban J connectivity index is 2.28. The Morgan fingerprint density at radius 2 is 1.85 bits per heavy atom. The molecule has 1 aromatic rings. The Bertz CT molecular complexity index is 343. The van der Waals surface area contributed by atoms with Crippen molar-refractivity contribution in [1.29, 1.82) is 5.26 Å². The van der Waals surface area contributed by atoms with Gasteiger partial charge in [0.1, 0.15) is 5.67 Å². The Morgan fingerprint density at radius 3 is 2.23 bits per heavy atom. The van der Waals surface area contributed by atoms with Crippen LogP contribution in [0, 0.1) is 11.3 Å². The van der Waals surface area contributed by atoms with Gasteiger partial charge in [0.25, 0.3) is 0 Å². The van der Waals surface area contributed by atoms with Crippen LogP contribution in [0.25, 0.3) is 0 Å². The molecule has 0 aliphatic heterocycles. The van der Waals surface area contributed by atoms with Crippen molar-refractivity contribution in [3.8, 4) is 6.07 Å². The first-order valence-corrected chi connectivity index (χ1v) is 4.44. The summed E-state index contributed by atoms with van der Waals surface area (Å²) in [5.41, 5.74) is 0.206. The van der Waals surface area contributed by atoms with Gasteiger partial charge in [-0.2, -0.15) is 5.26 Å².